The van der Waals surface area contributed by atoms with Crippen LogP contribution in [0.4, 0.5) is 0 Å². The Bertz CT molecular complexity index is 1010. The highest BCUT2D eigenvalue weighted by Crippen LogP contribution is 2.28. The van der Waals surface area contributed by atoms with Crippen LogP contribution in [0.3, 0.4) is 0 Å². The van der Waals surface area contributed by atoms with Gasteiger partial charge in [0.2, 0.25) is 0 Å². The topological polar surface area (TPSA) is 38.8 Å². The Labute approximate surface area is 171 Å². The third kappa shape index (κ3) is 4.17. The van der Waals surface area contributed by atoms with Crippen LogP contribution in [0.25, 0.3) is 0 Å². The molecule has 0 aliphatic carbocycles. The van der Waals surface area contributed by atoms with Crippen LogP contribution in [0.1, 0.15) is 32.6 Å². The van der Waals surface area contributed by atoms with E-state index in [4.69, 9.17) is 9.47 Å². The van der Waals surface area contributed by atoms with Gasteiger partial charge in [-0.05, 0) is 41.3 Å². The minimum atomic E-state index is -0.0237. The van der Waals surface area contributed by atoms with Crippen LogP contribution in [0.2, 0.25) is 0 Å². The molecule has 3 aromatic carbocycles. The summed E-state index contributed by atoms with van der Waals surface area (Å²) in [4.78, 5) is 15.3. The summed E-state index contributed by atoms with van der Waals surface area (Å²) < 4.78 is 10.6. The van der Waals surface area contributed by atoms with Crippen molar-refractivity contribution in [3.63, 3.8) is 0 Å². The van der Waals surface area contributed by atoms with E-state index in [0.717, 1.165) is 26.1 Å². The number of rotatable bonds is 6. The Kier molecular flexibility index (Phi) is 5.63. The minimum absolute atomic E-state index is 0.0237. The van der Waals surface area contributed by atoms with Crippen molar-refractivity contribution in [1.29, 1.82) is 0 Å². The first kappa shape index (κ1) is 19.2. The molecule has 0 bridgehead atoms. The number of hydrogen-bond donors (Lipinski definition) is 0. The molecule has 0 N–H and O–H groups in total. The van der Waals surface area contributed by atoms with Crippen molar-refractivity contribution >= 4 is 5.78 Å². The Hall–Kier alpha value is -3.11. The van der Waals surface area contributed by atoms with E-state index >= 15 is 0 Å². The lowest BCUT2D eigenvalue weighted by Crippen LogP contribution is -2.29. The molecular weight excluding hydrogens is 362 g/mol. The molecule has 1 heterocycles. The Morgan fingerprint density at radius 3 is 2.28 bits per heavy atom. The van der Waals surface area contributed by atoms with Crippen LogP contribution in [-0.4, -0.2) is 31.4 Å². The predicted molar refractivity (Wildman–Crippen MR) is 114 cm³/mol. The maximum absolute atomic E-state index is 12.8. The number of hydrogen-bond acceptors (Lipinski definition) is 4. The van der Waals surface area contributed by atoms with Gasteiger partial charge in [-0.2, -0.15) is 0 Å². The minimum Gasteiger partial charge on any atom is -0.493 e. The van der Waals surface area contributed by atoms with Gasteiger partial charge in [0.15, 0.2) is 17.3 Å². The zero-order chi connectivity index (χ0) is 20.2. The second kappa shape index (κ2) is 8.50. The lowest BCUT2D eigenvalue weighted by molar-refractivity contribution is 0.103. The highest BCUT2D eigenvalue weighted by Gasteiger charge is 2.16. The van der Waals surface area contributed by atoms with Gasteiger partial charge in [0.1, 0.15) is 0 Å². The normalized spacial score (nSPS) is 13.6. The number of carbonyl (C=O) groups excluding carboxylic acids is 1. The summed E-state index contributed by atoms with van der Waals surface area (Å²) in [5.41, 5.74) is 5.35. The van der Waals surface area contributed by atoms with Gasteiger partial charge in [0.05, 0.1) is 14.2 Å². The predicted octanol–water partition coefficient (Wildman–Crippen LogP) is 4.49. The van der Waals surface area contributed by atoms with Crippen molar-refractivity contribution in [2.24, 2.45) is 0 Å². The monoisotopic (exact) mass is 387 g/mol. The molecule has 0 unspecified atom stereocenters. The van der Waals surface area contributed by atoms with Gasteiger partial charge in [0, 0.05) is 30.8 Å². The van der Waals surface area contributed by atoms with Crippen LogP contribution in [-0.2, 0) is 19.5 Å². The third-order valence-corrected chi connectivity index (χ3v) is 5.48. The highest BCUT2D eigenvalue weighted by atomic mass is 16.5. The van der Waals surface area contributed by atoms with Gasteiger partial charge in [-0.25, -0.2) is 0 Å². The number of benzene rings is 3. The van der Waals surface area contributed by atoms with Crippen molar-refractivity contribution in [3.8, 4) is 11.5 Å². The van der Waals surface area contributed by atoms with Gasteiger partial charge in [0.25, 0.3) is 0 Å². The van der Waals surface area contributed by atoms with Crippen LogP contribution in [0, 0.1) is 0 Å². The first-order valence-corrected chi connectivity index (χ1v) is 9.82. The fourth-order valence-electron chi connectivity index (χ4n) is 3.85. The molecular formula is C25H25NO3. The summed E-state index contributed by atoms with van der Waals surface area (Å²) in [5.74, 6) is 1.15. The van der Waals surface area contributed by atoms with Gasteiger partial charge < -0.3 is 9.47 Å². The molecule has 4 rings (SSSR count). The average Bonchev–Trinajstić information content (AvgIpc) is 2.78. The Morgan fingerprint density at radius 1 is 0.862 bits per heavy atom. The summed E-state index contributed by atoms with van der Waals surface area (Å²) in [6.45, 7) is 2.92. The fraction of sp³-hybridized carbons (Fsp3) is 0.240. The molecule has 0 spiro atoms. The molecule has 0 amide bonds. The van der Waals surface area contributed by atoms with E-state index in [0.29, 0.717) is 22.6 Å². The summed E-state index contributed by atoms with van der Waals surface area (Å²) in [7, 11) is 3.15. The molecule has 0 atom stereocenters. The van der Waals surface area contributed by atoms with E-state index < -0.39 is 0 Å². The molecule has 0 radical (unpaired) electrons. The number of carbonyl (C=O) groups is 1. The van der Waals surface area contributed by atoms with Crippen molar-refractivity contribution in [2.75, 3.05) is 20.8 Å². The van der Waals surface area contributed by atoms with Crippen molar-refractivity contribution in [2.45, 2.75) is 19.5 Å². The quantitative estimate of drug-likeness (QED) is 0.584. The number of ether oxygens (including phenoxy) is 2. The Morgan fingerprint density at radius 2 is 1.55 bits per heavy atom. The number of nitrogens with zero attached hydrogens (tertiary/aromatic N) is 1. The van der Waals surface area contributed by atoms with Crippen LogP contribution in [0.5, 0.6) is 11.5 Å². The molecule has 4 nitrogen and oxygen atoms in total. The zero-order valence-corrected chi connectivity index (χ0v) is 16.9. The van der Waals surface area contributed by atoms with E-state index in [2.05, 4.69) is 41.3 Å². The molecule has 0 aromatic heterocycles. The maximum atomic E-state index is 12.8. The average molecular weight is 387 g/mol. The van der Waals surface area contributed by atoms with E-state index in [1.165, 1.54) is 16.7 Å². The van der Waals surface area contributed by atoms with Gasteiger partial charge in [-0.15, -0.1) is 0 Å². The smallest absolute Gasteiger partial charge is 0.193 e. The van der Waals surface area contributed by atoms with Gasteiger partial charge in [-0.1, -0.05) is 48.5 Å². The summed E-state index contributed by atoms with van der Waals surface area (Å²) in [6.07, 6.45) is 1.09. The molecule has 1 aliphatic rings. The highest BCUT2D eigenvalue weighted by molar-refractivity contribution is 6.09. The van der Waals surface area contributed by atoms with Crippen LogP contribution < -0.4 is 9.47 Å². The van der Waals surface area contributed by atoms with Crippen LogP contribution >= 0.6 is 0 Å². The number of fused-ring (bicyclic) bond motifs is 1. The largest absolute Gasteiger partial charge is 0.493 e. The van der Waals surface area contributed by atoms with E-state index in [-0.39, 0.29) is 5.78 Å². The Balaban J connectivity index is 1.45. The second-order valence-corrected chi connectivity index (χ2v) is 7.33. The van der Waals surface area contributed by atoms with Crippen molar-refractivity contribution < 1.29 is 14.3 Å². The van der Waals surface area contributed by atoms with Gasteiger partial charge >= 0.3 is 0 Å². The molecule has 4 heteroatoms. The maximum Gasteiger partial charge on any atom is 0.193 e. The van der Waals surface area contributed by atoms with Crippen LogP contribution in [0.15, 0.2) is 66.7 Å². The van der Waals surface area contributed by atoms with E-state index in [9.17, 15) is 4.79 Å². The van der Waals surface area contributed by atoms with Gasteiger partial charge in [-0.3, -0.25) is 9.69 Å². The van der Waals surface area contributed by atoms with Crippen molar-refractivity contribution in [1.82, 2.24) is 4.90 Å². The summed E-state index contributed by atoms with van der Waals surface area (Å²) in [6, 6.07) is 21.8. The molecule has 148 valence electrons. The molecule has 0 saturated heterocycles. The number of ketones is 1. The summed E-state index contributed by atoms with van der Waals surface area (Å²) >= 11 is 0. The molecule has 0 fully saturated rings. The second-order valence-electron chi connectivity index (χ2n) is 7.33. The summed E-state index contributed by atoms with van der Waals surface area (Å²) in [5, 5.41) is 0. The SMILES string of the molecule is COc1ccc(C(=O)c2ccc(CN3CCc4ccccc4C3)cc2)cc1OC. The van der Waals surface area contributed by atoms with E-state index in [1.54, 1.807) is 32.4 Å². The van der Waals surface area contributed by atoms with E-state index in [1.807, 2.05) is 12.1 Å². The lowest BCUT2D eigenvalue weighted by Gasteiger charge is -2.28. The van der Waals surface area contributed by atoms with Crippen molar-refractivity contribution in [3.05, 3.63) is 94.5 Å². The lowest BCUT2D eigenvalue weighted by atomic mass is 9.99. The fourth-order valence-corrected chi connectivity index (χ4v) is 3.85. The molecule has 1 aliphatic heterocycles. The first-order valence-electron chi connectivity index (χ1n) is 9.82. The molecule has 29 heavy (non-hydrogen) atoms. The zero-order valence-electron chi connectivity index (χ0n) is 16.9. The third-order valence-electron chi connectivity index (χ3n) is 5.48. The first-order chi connectivity index (χ1) is 14.2. The molecule has 0 saturated carbocycles. The number of methoxy groups -OCH3 is 2. The molecule has 3 aromatic rings. The standard InChI is InChI=1S/C25H25NO3/c1-28-23-12-11-21(15-24(23)29-2)25(27)20-9-7-18(8-10-20)16-26-14-13-19-5-3-4-6-22(19)17-26/h3-12,15H,13-14,16-17H2,1-2H3.